The number of hydrogen-bond acceptors (Lipinski definition) is 7. The minimum atomic E-state index is -0.408. The number of rotatable bonds is 5. The molecule has 3 aliphatic rings. The van der Waals surface area contributed by atoms with Gasteiger partial charge in [0.15, 0.2) is 0 Å². The molecule has 1 aromatic carbocycles. The quantitative estimate of drug-likeness (QED) is 0.595. The monoisotopic (exact) mass is 462 g/mol. The highest BCUT2D eigenvalue weighted by Gasteiger charge is 2.45. The number of aromatic nitrogens is 4. The lowest BCUT2D eigenvalue weighted by atomic mass is 9.84. The van der Waals surface area contributed by atoms with Crippen molar-refractivity contribution in [3.05, 3.63) is 41.3 Å². The maximum absolute atomic E-state index is 10.4. The summed E-state index contributed by atoms with van der Waals surface area (Å²) in [6.45, 7) is 9.42. The molecule has 0 spiro atoms. The van der Waals surface area contributed by atoms with Gasteiger partial charge in [-0.25, -0.2) is 9.97 Å². The van der Waals surface area contributed by atoms with Crippen LogP contribution in [0.5, 0.6) is 0 Å². The number of anilines is 2. The van der Waals surface area contributed by atoms with Crippen molar-refractivity contribution in [1.29, 1.82) is 0 Å². The van der Waals surface area contributed by atoms with Crippen LogP contribution in [0.25, 0.3) is 10.9 Å². The SMILES string of the molecule is Cc1cc2cnc(Nc3cnn(C4CC4)c3C)nc2cc1C1CCN([C@@]2(C)COC[C@H]2O)CC1. The fourth-order valence-corrected chi connectivity index (χ4v) is 5.72. The summed E-state index contributed by atoms with van der Waals surface area (Å²) in [5.74, 6) is 1.10. The van der Waals surface area contributed by atoms with Gasteiger partial charge in [0.05, 0.1) is 54.0 Å². The Morgan fingerprint density at radius 3 is 2.62 bits per heavy atom. The topological polar surface area (TPSA) is 88.3 Å². The summed E-state index contributed by atoms with van der Waals surface area (Å²) < 4.78 is 7.67. The second-order valence-corrected chi connectivity index (χ2v) is 10.6. The maximum Gasteiger partial charge on any atom is 0.227 e. The van der Waals surface area contributed by atoms with Crippen molar-refractivity contribution >= 4 is 22.5 Å². The van der Waals surface area contributed by atoms with E-state index in [1.54, 1.807) is 0 Å². The van der Waals surface area contributed by atoms with Crippen LogP contribution in [0.3, 0.4) is 0 Å². The van der Waals surface area contributed by atoms with Crippen molar-refractivity contribution in [2.24, 2.45) is 0 Å². The third-order valence-electron chi connectivity index (χ3n) is 8.20. The average molecular weight is 463 g/mol. The molecule has 0 amide bonds. The average Bonchev–Trinajstić information content (AvgIpc) is 3.54. The predicted molar refractivity (Wildman–Crippen MR) is 132 cm³/mol. The fraction of sp³-hybridized carbons (Fsp3) is 0.577. The van der Waals surface area contributed by atoms with E-state index < -0.39 is 6.10 Å². The summed E-state index contributed by atoms with van der Waals surface area (Å²) in [5, 5.41) is 19.4. The first kappa shape index (κ1) is 21.9. The van der Waals surface area contributed by atoms with E-state index in [0.29, 0.717) is 31.1 Å². The number of piperidine rings is 1. The lowest BCUT2D eigenvalue weighted by Crippen LogP contribution is -2.56. The molecule has 8 heteroatoms. The number of nitrogens with one attached hydrogen (secondary N) is 1. The minimum Gasteiger partial charge on any atom is -0.389 e. The van der Waals surface area contributed by atoms with Crippen LogP contribution < -0.4 is 5.32 Å². The van der Waals surface area contributed by atoms with Crippen LogP contribution >= 0.6 is 0 Å². The van der Waals surface area contributed by atoms with E-state index in [4.69, 9.17) is 9.72 Å². The van der Waals surface area contributed by atoms with Crippen LogP contribution in [0, 0.1) is 13.8 Å². The molecule has 2 aliphatic heterocycles. The van der Waals surface area contributed by atoms with Crippen molar-refractivity contribution < 1.29 is 9.84 Å². The maximum atomic E-state index is 10.4. The Labute approximate surface area is 200 Å². The Morgan fingerprint density at radius 1 is 1.12 bits per heavy atom. The molecule has 4 heterocycles. The first-order chi connectivity index (χ1) is 16.4. The molecule has 1 saturated carbocycles. The smallest absolute Gasteiger partial charge is 0.227 e. The van der Waals surface area contributed by atoms with E-state index in [1.807, 2.05) is 12.4 Å². The van der Waals surface area contributed by atoms with Crippen LogP contribution in [0.4, 0.5) is 11.6 Å². The van der Waals surface area contributed by atoms with Crippen LogP contribution in [0.1, 0.15) is 61.4 Å². The summed E-state index contributed by atoms with van der Waals surface area (Å²) in [7, 11) is 0. The molecular formula is C26H34N6O2. The summed E-state index contributed by atoms with van der Waals surface area (Å²) in [6, 6.07) is 5.03. The van der Waals surface area contributed by atoms with Gasteiger partial charge in [-0.2, -0.15) is 5.10 Å². The summed E-state index contributed by atoms with van der Waals surface area (Å²) >= 11 is 0. The second-order valence-electron chi connectivity index (χ2n) is 10.6. The molecule has 2 N–H and O–H groups in total. The standard InChI is InChI=1S/C26H34N6O2/c1-16-10-19-12-27-25(30-23-13-28-32(17(23)2)20-4-5-20)29-22(19)11-21(16)18-6-8-31(9-7-18)26(3)15-34-14-24(26)33/h10-13,18,20,24,33H,4-9,14-15H2,1-3H3,(H,27,29,30)/t24-,26+/m1/s1. The van der Waals surface area contributed by atoms with Gasteiger partial charge < -0.3 is 15.2 Å². The third-order valence-corrected chi connectivity index (χ3v) is 8.20. The highest BCUT2D eigenvalue weighted by Crippen LogP contribution is 2.38. The van der Waals surface area contributed by atoms with Gasteiger partial charge in [0, 0.05) is 11.6 Å². The minimum absolute atomic E-state index is 0.261. The molecule has 3 fully saturated rings. The van der Waals surface area contributed by atoms with E-state index in [2.05, 4.69) is 57.9 Å². The molecule has 0 unspecified atom stereocenters. The van der Waals surface area contributed by atoms with E-state index in [1.165, 1.54) is 24.0 Å². The van der Waals surface area contributed by atoms with E-state index >= 15 is 0 Å². The largest absolute Gasteiger partial charge is 0.389 e. The lowest BCUT2D eigenvalue weighted by Gasteiger charge is -2.43. The number of hydrogen-bond donors (Lipinski definition) is 2. The van der Waals surface area contributed by atoms with Gasteiger partial charge in [0.25, 0.3) is 0 Å². The van der Waals surface area contributed by atoms with Gasteiger partial charge in [0.2, 0.25) is 5.95 Å². The summed E-state index contributed by atoms with van der Waals surface area (Å²) in [4.78, 5) is 11.8. The summed E-state index contributed by atoms with van der Waals surface area (Å²) in [5.41, 5.74) is 5.49. The number of ether oxygens (including phenoxy) is 1. The van der Waals surface area contributed by atoms with Gasteiger partial charge in [-0.3, -0.25) is 9.58 Å². The number of fused-ring (bicyclic) bond motifs is 1. The van der Waals surface area contributed by atoms with Gasteiger partial charge in [0.1, 0.15) is 0 Å². The first-order valence-electron chi connectivity index (χ1n) is 12.5. The molecule has 34 heavy (non-hydrogen) atoms. The van der Waals surface area contributed by atoms with Crippen LogP contribution in [-0.2, 0) is 4.74 Å². The van der Waals surface area contributed by atoms with Crippen molar-refractivity contribution in [3.63, 3.8) is 0 Å². The Hall–Kier alpha value is -2.55. The molecule has 2 saturated heterocycles. The van der Waals surface area contributed by atoms with Crippen molar-refractivity contribution in [3.8, 4) is 0 Å². The molecule has 0 radical (unpaired) electrons. The molecular weight excluding hydrogens is 428 g/mol. The van der Waals surface area contributed by atoms with Crippen molar-refractivity contribution in [1.82, 2.24) is 24.6 Å². The first-order valence-corrected chi connectivity index (χ1v) is 12.5. The molecule has 3 aromatic rings. The Morgan fingerprint density at radius 2 is 1.91 bits per heavy atom. The second kappa shape index (κ2) is 8.29. The molecule has 6 rings (SSSR count). The van der Waals surface area contributed by atoms with Gasteiger partial charge >= 0.3 is 0 Å². The number of nitrogens with zero attached hydrogens (tertiary/aromatic N) is 5. The molecule has 0 bridgehead atoms. The normalized spacial score (nSPS) is 26.4. The predicted octanol–water partition coefficient (Wildman–Crippen LogP) is 3.85. The zero-order valence-electron chi connectivity index (χ0n) is 20.3. The number of likely N-dealkylation sites (tertiary alicyclic amines) is 1. The summed E-state index contributed by atoms with van der Waals surface area (Å²) in [6.07, 6.45) is 7.95. The van der Waals surface area contributed by atoms with Crippen molar-refractivity contribution in [2.45, 2.75) is 70.1 Å². The zero-order chi connectivity index (χ0) is 23.4. The van der Waals surface area contributed by atoms with Crippen LogP contribution in [0.2, 0.25) is 0 Å². The molecule has 8 nitrogen and oxygen atoms in total. The molecule has 180 valence electrons. The van der Waals surface area contributed by atoms with Gasteiger partial charge in [-0.05, 0) is 88.7 Å². The number of aryl methyl sites for hydroxylation is 1. The van der Waals surface area contributed by atoms with E-state index in [0.717, 1.165) is 48.2 Å². The Bertz CT molecular complexity index is 1210. The third kappa shape index (κ3) is 3.78. The highest BCUT2D eigenvalue weighted by molar-refractivity contribution is 5.81. The van der Waals surface area contributed by atoms with Crippen molar-refractivity contribution in [2.75, 3.05) is 31.6 Å². The number of benzene rings is 1. The van der Waals surface area contributed by atoms with E-state index in [-0.39, 0.29) is 5.54 Å². The Balaban J connectivity index is 1.21. The fourth-order valence-electron chi connectivity index (χ4n) is 5.72. The molecule has 2 aromatic heterocycles. The van der Waals surface area contributed by atoms with Gasteiger partial charge in [-0.1, -0.05) is 0 Å². The lowest BCUT2D eigenvalue weighted by molar-refractivity contribution is -0.00214. The molecule has 2 atom stereocenters. The number of aliphatic hydroxyl groups is 1. The van der Waals surface area contributed by atoms with E-state index in [9.17, 15) is 5.11 Å². The highest BCUT2D eigenvalue weighted by atomic mass is 16.5. The van der Waals surface area contributed by atoms with Crippen LogP contribution in [-0.4, -0.2) is 67.7 Å². The number of aliphatic hydroxyl groups excluding tert-OH is 1. The zero-order valence-corrected chi connectivity index (χ0v) is 20.3. The van der Waals surface area contributed by atoms with Gasteiger partial charge in [-0.15, -0.1) is 0 Å². The van der Waals surface area contributed by atoms with Crippen LogP contribution in [0.15, 0.2) is 24.5 Å². The Kier molecular flexibility index (Phi) is 5.35. The molecule has 1 aliphatic carbocycles.